The van der Waals surface area contributed by atoms with E-state index in [1.807, 2.05) is 0 Å². The van der Waals surface area contributed by atoms with E-state index in [0.29, 0.717) is 17.9 Å². The van der Waals surface area contributed by atoms with Gasteiger partial charge in [-0.15, -0.1) is 0 Å². The van der Waals surface area contributed by atoms with Gasteiger partial charge in [0.2, 0.25) is 5.91 Å². The molecule has 0 saturated carbocycles. The number of carbonyl (C=O) groups is 1. The monoisotopic (exact) mass is 253 g/mol. The van der Waals surface area contributed by atoms with Crippen molar-refractivity contribution in [1.82, 2.24) is 5.32 Å². The molecular formula is C14H20FNO2. The lowest BCUT2D eigenvalue weighted by atomic mass is 10.1. The fraction of sp³-hybridized carbons (Fsp3) is 0.500. The lowest BCUT2D eigenvalue weighted by Gasteiger charge is -2.12. The minimum absolute atomic E-state index is 0.0841. The largest absolute Gasteiger partial charge is 0.387 e. The first kappa shape index (κ1) is 14.6. The van der Waals surface area contributed by atoms with Crippen LogP contribution in [0, 0.1) is 11.7 Å². The van der Waals surface area contributed by atoms with Crippen LogP contribution in [0.25, 0.3) is 0 Å². The van der Waals surface area contributed by atoms with Crippen LogP contribution in [0.15, 0.2) is 24.3 Å². The Labute approximate surface area is 107 Å². The number of aliphatic hydroxyl groups is 1. The lowest BCUT2D eigenvalue weighted by molar-refractivity contribution is -0.121. The van der Waals surface area contributed by atoms with E-state index in [2.05, 4.69) is 19.2 Å². The molecule has 4 heteroatoms. The third kappa shape index (κ3) is 5.27. The number of nitrogens with one attached hydrogen (secondary N) is 1. The first-order valence-electron chi connectivity index (χ1n) is 6.19. The molecule has 0 heterocycles. The summed E-state index contributed by atoms with van der Waals surface area (Å²) in [5, 5.41) is 12.4. The Hall–Kier alpha value is -1.42. The Morgan fingerprint density at radius 1 is 1.44 bits per heavy atom. The molecule has 1 aromatic carbocycles. The molecule has 1 aromatic rings. The van der Waals surface area contributed by atoms with Gasteiger partial charge in [-0.2, -0.15) is 0 Å². The number of aliphatic hydroxyl groups excluding tert-OH is 1. The molecule has 0 aliphatic rings. The van der Waals surface area contributed by atoms with Gasteiger partial charge in [-0.05, 0) is 30.0 Å². The standard InChI is InChI=1S/C14H20FNO2/c1-10(2)6-7-14(18)16-9-13(17)11-4-3-5-12(15)8-11/h3-5,8,10,13,17H,6-7,9H2,1-2H3,(H,16,18). The van der Waals surface area contributed by atoms with Crippen LogP contribution in [-0.2, 0) is 4.79 Å². The third-order valence-electron chi connectivity index (χ3n) is 2.67. The third-order valence-corrected chi connectivity index (χ3v) is 2.67. The predicted molar refractivity (Wildman–Crippen MR) is 68.4 cm³/mol. The van der Waals surface area contributed by atoms with E-state index in [0.717, 1.165) is 6.42 Å². The minimum atomic E-state index is -0.872. The number of amides is 1. The Morgan fingerprint density at radius 2 is 2.17 bits per heavy atom. The average molecular weight is 253 g/mol. The van der Waals surface area contributed by atoms with Crippen molar-refractivity contribution in [3.63, 3.8) is 0 Å². The molecule has 0 aliphatic heterocycles. The van der Waals surface area contributed by atoms with Crippen LogP contribution in [0.2, 0.25) is 0 Å². The molecule has 1 amide bonds. The van der Waals surface area contributed by atoms with E-state index in [-0.39, 0.29) is 12.5 Å². The summed E-state index contributed by atoms with van der Waals surface area (Å²) < 4.78 is 12.9. The van der Waals surface area contributed by atoms with Crippen molar-refractivity contribution in [2.45, 2.75) is 32.8 Å². The molecule has 0 radical (unpaired) electrons. The Kier molecular flexibility index (Phi) is 5.78. The van der Waals surface area contributed by atoms with Gasteiger partial charge in [0.25, 0.3) is 0 Å². The molecule has 0 bridgehead atoms. The fourth-order valence-electron chi connectivity index (χ4n) is 1.55. The molecule has 0 spiro atoms. The normalized spacial score (nSPS) is 12.5. The molecule has 100 valence electrons. The maximum Gasteiger partial charge on any atom is 0.220 e. The summed E-state index contributed by atoms with van der Waals surface area (Å²) >= 11 is 0. The number of hydrogen-bond donors (Lipinski definition) is 2. The van der Waals surface area contributed by atoms with Crippen LogP contribution in [-0.4, -0.2) is 17.6 Å². The number of halogens is 1. The van der Waals surface area contributed by atoms with E-state index in [4.69, 9.17) is 0 Å². The molecule has 18 heavy (non-hydrogen) atoms. The summed E-state index contributed by atoms with van der Waals surface area (Å²) in [6.07, 6.45) is 0.402. The molecule has 1 rings (SSSR count). The van der Waals surface area contributed by atoms with Gasteiger partial charge in [0, 0.05) is 13.0 Å². The van der Waals surface area contributed by atoms with Gasteiger partial charge in [0.05, 0.1) is 6.10 Å². The predicted octanol–water partition coefficient (Wildman–Crippen LogP) is 2.41. The fourth-order valence-corrected chi connectivity index (χ4v) is 1.55. The zero-order valence-electron chi connectivity index (χ0n) is 10.8. The highest BCUT2D eigenvalue weighted by Gasteiger charge is 2.10. The molecular weight excluding hydrogens is 233 g/mol. The Bertz CT molecular complexity index is 393. The second-order valence-corrected chi connectivity index (χ2v) is 4.81. The lowest BCUT2D eigenvalue weighted by Crippen LogP contribution is -2.28. The molecule has 0 saturated heterocycles. The van der Waals surface area contributed by atoms with Crippen molar-refractivity contribution in [2.24, 2.45) is 5.92 Å². The van der Waals surface area contributed by atoms with E-state index in [1.165, 1.54) is 18.2 Å². The Morgan fingerprint density at radius 3 is 2.78 bits per heavy atom. The molecule has 0 aromatic heterocycles. The summed E-state index contributed by atoms with van der Waals surface area (Å²) in [7, 11) is 0. The highest BCUT2D eigenvalue weighted by molar-refractivity contribution is 5.75. The summed E-state index contributed by atoms with van der Waals surface area (Å²) in [6.45, 7) is 4.21. The highest BCUT2D eigenvalue weighted by Crippen LogP contribution is 2.13. The van der Waals surface area contributed by atoms with Crippen molar-refractivity contribution < 1.29 is 14.3 Å². The number of hydrogen-bond acceptors (Lipinski definition) is 2. The number of carbonyl (C=O) groups excluding carboxylic acids is 1. The van der Waals surface area contributed by atoms with Crippen LogP contribution >= 0.6 is 0 Å². The van der Waals surface area contributed by atoms with Gasteiger partial charge in [-0.1, -0.05) is 26.0 Å². The zero-order valence-corrected chi connectivity index (χ0v) is 10.8. The van der Waals surface area contributed by atoms with Crippen LogP contribution in [0.4, 0.5) is 4.39 Å². The number of rotatable bonds is 6. The molecule has 3 nitrogen and oxygen atoms in total. The summed E-state index contributed by atoms with van der Waals surface area (Å²) in [5.74, 6) is 0.000676. The molecule has 1 unspecified atom stereocenters. The summed E-state index contributed by atoms with van der Waals surface area (Å²) in [4.78, 5) is 11.5. The molecule has 0 fully saturated rings. The van der Waals surface area contributed by atoms with Crippen molar-refractivity contribution in [1.29, 1.82) is 0 Å². The van der Waals surface area contributed by atoms with Gasteiger partial charge >= 0.3 is 0 Å². The van der Waals surface area contributed by atoms with Crippen molar-refractivity contribution in [3.8, 4) is 0 Å². The van der Waals surface area contributed by atoms with E-state index >= 15 is 0 Å². The van der Waals surface area contributed by atoms with Gasteiger partial charge in [0.15, 0.2) is 0 Å². The maximum atomic E-state index is 12.9. The highest BCUT2D eigenvalue weighted by atomic mass is 19.1. The van der Waals surface area contributed by atoms with Gasteiger partial charge in [-0.3, -0.25) is 4.79 Å². The SMILES string of the molecule is CC(C)CCC(=O)NCC(O)c1cccc(F)c1. The van der Waals surface area contributed by atoms with Crippen LogP contribution in [0.5, 0.6) is 0 Å². The first-order chi connectivity index (χ1) is 8.49. The van der Waals surface area contributed by atoms with Crippen molar-refractivity contribution >= 4 is 5.91 Å². The quantitative estimate of drug-likeness (QED) is 0.818. The Balaban J connectivity index is 2.37. The topological polar surface area (TPSA) is 49.3 Å². The molecule has 2 N–H and O–H groups in total. The van der Waals surface area contributed by atoms with Crippen LogP contribution in [0.1, 0.15) is 38.4 Å². The zero-order chi connectivity index (χ0) is 13.5. The minimum Gasteiger partial charge on any atom is -0.387 e. The van der Waals surface area contributed by atoms with E-state index < -0.39 is 11.9 Å². The van der Waals surface area contributed by atoms with Gasteiger partial charge in [0.1, 0.15) is 5.82 Å². The summed E-state index contributed by atoms with van der Waals surface area (Å²) in [5.41, 5.74) is 0.471. The van der Waals surface area contributed by atoms with E-state index in [9.17, 15) is 14.3 Å². The smallest absolute Gasteiger partial charge is 0.220 e. The molecule has 1 atom stereocenters. The van der Waals surface area contributed by atoms with Crippen LogP contribution in [0.3, 0.4) is 0 Å². The van der Waals surface area contributed by atoms with Crippen molar-refractivity contribution in [2.75, 3.05) is 6.54 Å². The van der Waals surface area contributed by atoms with Crippen molar-refractivity contribution in [3.05, 3.63) is 35.6 Å². The maximum absolute atomic E-state index is 12.9. The van der Waals surface area contributed by atoms with E-state index in [1.54, 1.807) is 6.07 Å². The van der Waals surface area contributed by atoms with Gasteiger partial charge in [-0.25, -0.2) is 4.39 Å². The first-order valence-corrected chi connectivity index (χ1v) is 6.19. The second kappa shape index (κ2) is 7.11. The van der Waals surface area contributed by atoms with Crippen LogP contribution < -0.4 is 5.32 Å². The average Bonchev–Trinajstić information content (AvgIpc) is 2.33. The second-order valence-electron chi connectivity index (χ2n) is 4.81. The summed E-state index contributed by atoms with van der Waals surface area (Å²) in [6, 6.07) is 5.75. The number of benzene rings is 1. The van der Waals surface area contributed by atoms with Gasteiger partial charge < -0.3 is 10.4 Å². The molecule has 0 aliphatic carbocycles.